The largest absolute Gasteiger partial charge is 0.352 e. The molecule has 1 amide bonds. The zero-order chi connectivity index (χ0) is 22.2. The zero-order valence-corrected chi connectivity index (χ0v) is 19.9. The number of thiophene rings is 1. The summed E-state index contributed by atoms with van der Waals surface area (Å²) in [7, 11) is 4.07. The first-order valence-corrected chi connectivity index (χ1v) is 11.6. The number of piperazine rings is 1. The number of hydrogen-bond donors (Lipinski definition) is 0. The second-order valence-electron chi connectivity index (χ2n) is 9.43. The number of benzene rings is 1. The Kier molecular flexibility index (Phi) is 5.99. The van der Waals surface area contributed by atoms with Gasteiger partial charge in [-0.05, 0) is 19.7 Å². The van der Waals surface area contributed by atoms with E-state index in [1.807, 2.05) is 45.8 Å². The number of rotatable bonds is 4. The fourth-order valence-corrected chi connectivity index (χ4v) is 4.94. The van der Waals surface area contributed by atoms with Gasteiger partial charge in [0.2, 0.25) is 5.91 Å². The van der Waals surface area contributed by atoms with Crippen LogP contribution >= 0.6 is 11.3 Å². The molecule has 2 aromatic heterocycles. The van der Waals surface area contributed by atoms with Crippen LogP contribution in [0, 0.1) is 5.41 Å². The first-order valence-electron chi connectivity index (χ1n) is 10.8. The molecule has 0 aliphatic carbocycles. The Labute approximate surface area is 188 Å². The molecule has 1 saturated heterocycles. The zero-order valence-electron chi connectivity index (χ0n) is 19.1. The van der Waals surface area contributed by atoms with E-state index in [1.165, 1.54) is 11.1 Å². The third-order valence-corrected chi connectivity index (χ3v) is 6.38. The molecule has 0 spiro atoms. The number of fused-ring (bicyclic) bond motifs is 1. The Balaban J connectivity index is 1.72. The van der Waals surface area contributed by atoms with Crippen molar-refractivity contribution in [2.75, 3.05) is 45.2 Å². The van der Waals surface area contributed by atoms with Crippen LogP contribution < -0.4 is 4.90 Å². The minimum atomic E-state index is -0.350. The SMILES string of the molecule is CN(C)Cc1nc(N2CCN(C(=O)C(C)(C)C)CC2)c2c(-c3ccccc3)csc2n1. The Hall–Kier alpha value is -2.51. The molecule has 3 heterocycles. The van der Waals surface area contributed by atoms with Crippen LogP contribution in [-0.2, 0) is 11.3 Å². The highest BCUT2D eigenvalue weighted by molar-refractivity contribution is 7.17. The van der Waals surface area contributed by atoms with Gasteiger partial charge in [0, 0.05) is 42.5 Å². The van der Waals surface area contributed by atoms with Gasteiger partial charge in [0.05, 0.1) is 11.9 Å². The molecule has 0 radical (unpaired) electrons. The lowest BCUT2D eigenvalue weighted by Gasteiger charge is -2.38. The van der Waals surface area contributed by atoms with Crippen LogP contribution in [-0.4, -0.2) is 65.9 Å². The van der Waals surface area contributed by atoms with Crippen molar-refractivity contribution in [1.82, 2.24) is 19.8 Å². The Morgan fingerprint density at radius 3 is 2.35 bits per heavy atom. The van der Waals surface area contributed by atoms with Gasteiger partial charge in [-0.15, -0.1) is 11.3 Å². The van der Waals surface area contributed by atoms with Gasteiger partial charge in [-0.3, -0.25) is 4.79 Å². The van der Waals surface area contributed by atoms with E-state index in [-0.39, 0.29) is 11.3 Å². The van der Waals surface area contributed by atoms with Crippen molar-refractivity contribution >= 4 is 33.3 Å². The molecule has 4 rings (SSSR count). The van der Waals surface area contributed by atoms with Crippen molar-refractivity contribution in [3.63, 3.8) is 0 Å². The van der Waals surface area contributed by atoms with Crippen molar-refractivity contribution in [2.24, 2.45) is 5.41 Å². The number of hydrogen-bond acceptors (Lipinski definition) is 6. The van der Waals surface area contributed by atoms with E-state index in [4.69, 9.17) is 9.97 Å². The number of carbonyl (C=O) groups is 1. The third kappa shape index (κ3) is 4.57. The van der Waals surface area contributed by atoms with E-state index < -0.39 is 0 Å². The first kappa shape index (κ1) is 21.7. The van der Waals surface area contributed by atoms with Crippen LogP contribution in [0.15, 0.2) is 35.7 Å². The van der Waals surface area contributed by atoms with Crippen LogP contribution in [0.5, 0.6) is 0 Å². The highest BCUT2D eigenvalue weighted by Crippen LogP contribution is 2.38. The van der Waals surface area contributed by atoms with Gasteiger partial charge in [-0.1, -0.05) is 51.1 Å². The van der Waals surface area contributed by atoms with Crippen molar-refractivity contribution in [3.8, 4) is 11.1 Å². The van der Waals surface area contributed by atoms with Crippen LogP contribution in [0.1, 0.15) is 26.6 Å². The number of anilines is 1. The molecule has 164 valence electrons. The number of amides is 1. The summed E-state index contributed by atoms with van der Waals surface area (Å²) in [6, 6.07) is 10.4. The van der Waals surface area contributed by atoms with E-state index in [0.29, 0.717) is 6.54 Å². The average Bonchev–Trinajstić information content (AvgIpc) is 3.16. The smallest absolute Gasteiger partial charge is 0.228 e. The second-order valence-corrected chi connectivity index (χ2v) is 10.3. The maximum absolute atomic E-state index is 12.7. The molecule has 31 heavy (non-hydrogen) atoms. The molecular weight excluding hydrogens is 406 g/mol. The molecule has 1 aliphatic rings. The van der Waals surface area contributed by atoms with Crippen molar-refractivity contribution in [3.05, 3.63) is 41.5 Å². The lowest BCUT2D eigenvalue weighted by Crippen LogP contribution is -2.52. The van der Waals surface area contributed by atoms with Gasteiger partial charge in [-0.2, -0.15) is 0 Å². The minimum Gasteiger partial charge on any atom is -0.352 e. The lowest BCUT2D eigenvalue weighted by atomic mass is 9.94. The maximum Gasteiger partial charge on any atom is 0.228 e. The molecule has 0 saturated carbocycles. The summed E-state index contributed by atoms with van der Waals surface area (Å²) < 4.78 is 0. The van der Waals surface area contributed by atoms with Gasteiger partial charge in [0.1, 0.15) is 16.5 Å². The maximum atomic E-state index is 12.7. The van der Waals surface area contributed by atoms with Crippen LogP contribution in [0.3, 0.4) is 0 Å². The molecule has 0 atom stereocenters. The topological polar surface area (TPSA) is 52.6 Å². The summed E-state index contributed by atoms with van der Waals surface area (Å²) in [6.45, 7) is 9.65. The molecule has 1 fully saturated rings. The van der Waals surface area contributed by atoms with Gasteiger partial charge in [0.25, 0.3) is 0 Å². The summed E-state index contributed by atoms with van der Waals surface area (Å²) in [4.78, 5) is 30.0. The van der Waals surface area contributed by atoms with Gasteiger partial charge in [-0.25, -0.2) is 9.97 Å². The van der Waals surface area contributed by atoms with Crippen molar-refractivity contribution in [2.45, 2.75) is 27.3 Å². The molecule has 6 nitrogen and oxygen atoms in total. The number of aromatic nitrogens is 2. The fraction of sp³-hybridized carbons (Fsp3) is 0.458. The van der Waals surface area contributed by atoms with E-state index >= 15 is 0 Å². The van der Waals surface area contributed by atoms with Gasteiger partial charge >= 0.3 is 0 Å². The molecule has 1 aliphatic heterocycles. The molecule has 0 N–H and O–H groups in total. The van der Waals surface area contributed by atoms with E-state index in [1.54, 1.807) is 11.3 Å². The Bertz CT molecular complexity index is 1060. The van der Waals surface area contributed by atoms with Gasteiger partial charge < -0.3 is 14.7 Å². The minimum absolute atomic E-state index is 0.216. The molecule has 7 heteroatoms. The summed E-state index contributed by atoms with van der Waals surface area (Å²) in [5, 5.41) is 3.31. The van der Waals surface area contributed by atoms with Crippen molar-refractivity contribution in [1.29, 1.82) is 0 Å². The second kappa shape index (κ2) is 8.55. The normalized spacial score (nSPS) is 15.2. The summed E-state index contributed by atoms with van der Waals surface area (Å²) >= 11 is 1.68. The first-order chi connectivity index (χ1) is 14.7. The molecule has 0 bridgehead atoms. The molecule has 3 aromatic rings. The van der Waals surface area contributed by atoms with Crippen LogP contribution in [0.2, 0.25) is 0 Å². The quantitative estimate of drug-likeness (QED) is 0.615. The molecule has 1 aromatic carbocycles. The predicted octanol–water partition coefficient (Wildman–Crippen LogP) is 4.11. The Morgan fingerprint density at radius 1 is 1.06 bits per heavy atom. The van der Waals surface area contributed by atoms with Crippen molar-refractivity contribution < 1.29 is 4.79 Å². The van der Waals surface area contributed by atoms with E-state index in [2.05, 4.69) is 39.4 Å². The fourth-order valence-electron chi connectivity index (χ4n) is 3.97. The summed E-state index contributed by atoms with van der Waals surface area (Å²) in [5.41, 5.74) is 2.01. The Morgan fingerprint density at radius 2 is 1.74 bits per heavy atom. The standard InChI is InChI=1S/C24H31N5OS/c1-24(2,3)23(30)29-13-11-28(12-14-29)21-20-18(17-9-7-6-8-10-17)16-31-22(20)26-19(25-21)15-27(4)5/h6-10,16H,11-15H2,1-5H3. The monoisotopic (exact) mass is 437 g/mol. The lowest BCUT2D eigenvalue weighted by molar-refractivity contribution is -0.139. The van der Waals surface area contributed by atoms with Crippen LogP contribution in [0.4, 0.5) is 5.82 Å². The highest BCUT2D eigenvalue weighted by atomic mass is 32.1. The molecule has 0 unspecified atom stereocenters. The highest BCUT2D eigenvalue weighted by Gasteiger charge is 2.31. The number of carbonyl (C=O) groups excluding carboxylic acids is 1. The predicted molar refractivity (Wildman–Crippen MR) is 128 cm³/mol. The summed E-state index contributed by atoms with van der Waals surface area (Å²) in [5.74, 6) is 2.04. The average molecular weight is 438 g/mol. The van der Waals surface area contributed by atoms with E-state index in [0.717, 1.165) is 48.0 Å². The van der Waals surface area contributed by atoms with Crippen LogP contribution in [0.25, 0.3) is 21.3 Å². The summed E-state index contributed by atoms with van der Waals surface area (Å²) in [6.07, 6.45) is 0. The number of nitrogens with zero attached hydrogens (tertiary/aromatic N) is 5. The third-order valence-electron chi connectivity index (χ3n) is 5.51. The van der Waals surface area contributed by atoms with Gasteiger partial charge in [0.15, 0.2) is 0 Å². The molecular formula is C24H31N5OS. The van der Waals surface area contributed by atoms with E-state index in [9.17, 15) is 4.79 Å².